The molecule has 0 radical (unpaired) electrons. The molecule has 1 aliphatic rings. The van der Waals surface area contributed by atoms with Crippen molar-refractivity contribution in [1.82, 2.24) is 0 Å². The molecular formula is C8H8BNO3. The first-order chi connectivity index (χ1) is 6.18. The van der Waals surface area contributed by atoms with Gasteiger partial charge in [0, 0.05) is 5.56 Å². The maximum Gasteiger partial charge on any atom is 0.491 e. The largest absolute Gasteiger partial charge is 0.491 e. The Morgan fingerprint density at radius 1 is 1.62 bits per heavy atom. The van der Waals surface area contributed by atoms with Gasteiger partial charge in [-0.05, 0) is 23.2 Å². The van der Waals surface area contributed by atoms with Crippen LogP contribution in [0, 0.1) is 0 Å². The van der Waals surface area contributed by atoms with Crippen LogP contribution in [-0.4, -0.2) is 18.0 Å². The lowest BCUT2D eigenvalue weighted by Crippen LogP contribution is -2.29. The van der Waals surface area contributed by atoms with E-state index in [2.05, 4.69) is 0 Å². The monoisotopic (exact) mass is 177 g/mol. The summed E-state index contributed by atoms with van der Waals surface area (Å²) in [6.45, 7) is 0.384. The van der Waals surface area contributed by atoms with Crippen molar-refractivity contribution in [3.63, 3.8) is 0 Å². The Hall–Kier alpha value is -1.33. The quantitative estimate of drug-likeness (QED) is 0.540. The smallest absolute Gasteiger partial charge is 0.423 e. The maximum absolute atomic E-state index is 10.8. The van der Waals surface area contributed by atoms with Gasteiger partial charge in [-0.1, -0.05) is 6.07 Å². The third kappa shape index (κ3) is 1.32. The minimum absolute atomic E-state index is 0.384. The predicted octanol–water partition coefficient (Wildman–Crippen LogP) is -0.997. The Labute approximate surface area is 75.5 Å². The molecule has 0 spiro atoms. The van der Waals surface area contributed by atoms with Gasteiger partial charge >= 0.3 is 7.12 Å². The third-order valence-electron chi connectivity index (χ3n) is 2.09. The van der Waals surface area contributed by atoms with E-state index in [1.807, 2.05) is 0 Å². The van der Waals surface area contributed by atoms with Gasteiger partial charge in [0.1, 0.15) is 0 Å². The number of carbonyl (C=O) groups excluding carboxylic acids is 1. The van der Waals surface area contributed by atoms with Gasteiger partial charge in [-0.25, -0.2) is 0 Å². The summed E-state index contributed by atoms with van der Waals surface area (Å²) in [5.74, 6) is -0.498. The van der Waals surface area contributed by atoms with Crippen LogP contribution in [0.1, 0.15) is 15.9 Å². The van der Waals surface area contributed by atoms with E-state index < -0.39 is 13.0 Å². The van der Waals surface area contributed by atoms with E-state index in [9.17, 15) is 9.82 Å². The van der Waals surface area contributed by atoms with Crippen molar-refractivity contribution in [3.05, 3.63) is 29.3 Å². The molecule has 1 aromatic carbocycles. The average molecular weight is 177 g/mol. The Morgan fingerprint density at radius 2 is 2.38 bits per heavy atom. The molecule has 0 fully saturated rings. The Balaban J connectivity index is 2.47. The standard InChI is InChI=1S/C8H8BNO3/c10-8(11)5-1-2-6-4-13-9(12)7(6)3-5/h1-3,12H,4H2,(H2,10,11). The fraction of sp³-hybridized carbons (Fsp3) is 0.125. The predicted molar refractivity (Wildman–Crippen MR) is 47.4 cm³/mol. The topological polar surface area (TPSA) is 72.6 Å². The van der Waals surface area contributed by atoms with E-state index in [0.29, 0.717) is 17.6 Å². The Bertz CT molecular complexity index is 366. The fourth-order valence-corrected chi connectivity index (χ4v) is 1.37. The molecular weight excluding hydrogens is 169 g/mol. The third-order valence-corrected chi connectivity index (χ3v) is 2.09. The molecule has 13 heavy (non-hydrogen) atoms. The summed E-state index contributed by atoms with van der Waals surface area (Å²) in [5, 5.41) is 9.31. The molecule has 1 aliphatic heterocycles. The van der Waals surface area contributed by atoms with E-state index in [0.717, 1.165) is 5.56 Å². The van der Waals surface area contributed by atoms with Gasteiger partial charge in [0.05, 0.1) is 6.61 Å². The van der Waals surface area contributed by atoms with E-state index in [1.54, 1.807) is 18.2 Å². The first kappa shape index (κ1) is 8.28. The highest BCUT2D eigenvalue weighted by Crippen LogP contribution is 2.10. The maximum atomic E-state index is 10.8. The van der Waals surface area contributed by atoms with E-state index in [4.69, 9.17) is 10.4 Å². The summed E-state index contributed by atoms with van der Waals surface area (Å²) in [7, 11) is -0.922. The van der Waals surface area contributed by atoms with Crippen LogP contribution >= 0.6 is 0 Å². The summed E-state index contributed by atoms with van der Waals surface area (Å²) in [5.41, 5.74) is 7.02. The number of primary amides is 1. The van der Waals surface area contributed by atoms with Crippen LogP contribution in [0.15, 0.2) is 18.2 Å². The summed E-state index contributed by atoms with van der Waals surface area (Å²) in [6.07, 6.45) is 0. The van der Waals surface area contributed by atoms with Gasteiger partial charge in [0.25, 0.3) is 0 Å². The number of amides is 1. The Morgan fingerprint density at radius 3 is 3.08 bits per heavy atom. The molecule has 1 aromatic rings. The second-order valence-electron chi connectivity index (χ2n) is 2.94. The summed E-state index contributed by atoms with van der Waals surface area (Å²) < 4.78 is 4.96. The van der Waals surface area contributed by atoms with Crippen LogP contribution in [0.4, 0.5) is 0 Å². The van der Waals surface area contributed by atoms with Crippen molar-refractivity contribution in [2.24, 2.45) is 5.73 Å². The summed E-state index contributed by atoms with van der Waals surface area (Å²) in [4.78, 5) is 10.8. The molecule has 1 heterocycles. The number of fused-ring (bicyclic) bond motifs is 1. The molecule has 0 aromatic heterocycles. The van der Waals surface area contributed by atoms with Crippen LogP contribution in [0.2, 0.25) is 0 Å². The van der Waals surface area contributed by atoms with Crippen molar-refractivity contribution in [3.8, 4) is 0 Å². The Kier molecular flexibility index (Phi) is 1.83. The molecule has 4 nitrogen and oxygen atoms in total. The van der Waals surface area contributed by atoms with Gasteiger partial charge in [-0.15, -0.1) is 0 Å². The normalized spacial score (nSPS) is 14.4. The number of benzene rings is 1. The molecule has 3 N–H and O–H groups in total. The first-order valence-corrected chi connectivity index (χ1v) is 3.91. The van der Waals surface area contributed by atoms with Crippen LogP contribution in [0.3, 0.4) is 0 Å². The van der Waals surface area contributed by atoms with Crippen molar-refractivity contribution in [1.29, 1.82) is 0 Å². The molecule has 0 unspecified atom stereocenters. The highest BCUT2D eigenvalue weighted by Gasteiger charge is 2.27. The van der Waals surface area contributed by atoms with Crippen LogP contribution in [0.5, 0.6) is 0 Å². The molecule has 1 amide bonds. The van der Waals surface area contributed by atoms with Gasteiger partial charge in [0.2, 0.25) is 5.91 Å². The molecule has 0 aliphatic carbocycles. The number of hydrogen-bond acceptors (Lipinski definition) is 3. The van der Waals surface area contributed by atoms with Crippen molar-refractivity contribution in [2.75, 3.05) is 0 Å². The second-order valence-corrected chi connectivity index (χ2v) is 2.94. The minimum atomic E-state index is -0.922. The van der Waals surface area contributed by atoms with Crippen LogP contribution in [0.25, 0.3) is 0 Å². The molecule has 0 saturated carbocycles. The number of hydrogen-bond donors (Lipinski definition) is 2. The molecule has 2 rings (SSSR count). The van der Waals surface area contributed by atoms with E-state index in [-0.39, 0.29) is 0 Å². The number of nitrogens with two attached hydrogens (primary N) is 1. The van der Waals surface area contributed by atoms with Crippen LogP contribution in [-0.2, 0) is 11.3 Å². The van der Waals surface area contributed by atoms with Gasteiger partial charge < -0.3 is 15.4 Å². The lowest BCUT2D eigenvalue weighted by molar-refractivity contribution is 0.100. The summed E-state index contributed by atoms with van der Waals surface area (Å²) >= 11 is 0. The zero-order chi connectivity index (χ0) is 9.42. The minimum Gasteiger partial charge on any atom is -0.423 e. The van der Waals surface area contributed by atoms with Gasteiger partial charge in [-0.3, -0.25) is 4.79 Å². The van der Waals surface area contributed by atoms with Crippen molar-refractivity contribution < 1.29 is 14.5 Å². The van der Waals surface area contributed by atoms with E-state index >= 15 is 0 Å². The zero-order valence-corrected chi connectivity index (χ0v) is 6.86. The lowest BCUT2D eigenvalue weighted by Gasteiger charge is -1.99. The molecule has 0 atom stereocenters. The highest BCUT2D eigenvalue weighted by atomic mass is 16.5. The zero-order valence-electron chi connectivity index (χ0n) is 6.86. The highest BCUT2D eigenvalue weighted by molar-refractivity contribution is 6.61. The second kappa shape index (κ2) is 2.87. The van der Waals surface area contributed by atoms with Crippen molar-refractivity contribution in [2.45, 2.75) is 6.61 Å². The molecule has 0 saturated heterocycles. The molecule has 66 valence electrons. The molecule has 5 heteroatoms. The molecule has 0 bridgehead atoms. The van der Waals surface area contributed by atoms with Gasteiger partial charge in [-0.2, -0.15) is 0 Å². The number of rotatable bonds is 1. The van der Waals surface area contributed by atoms with Crippen molar-refractivity contribution >= 4 is 18.5 Å². The first-order valence-electron chi connectivity index (χ1n) is 3.91. The SMILES string of the molecule is NC(=O)c1ccc2c(c1)B(O)OC2. The number of carbonyl (C=O) groups is 1. The average Bonchev–Trinajstić information content (AvgIpc) is 2.47. The van der Waals surface area contributed by atoms with Gasteiger partial charge in [0.15, 0.2) is 0 Å². The fourth-order valence-electron chi connectivity index (χ4n) is 1.37. The van der Waals surface area contributed by atoms with Crippen LogP contribution < -0.4 is 11.2 Å². The lowest BCUT2D eigenvalue weighted by atomic mass is 9.79. The summed E-state index contributed by atoms with van der Waals surface area (Å²) in [6, 6.07) is 4.93. The van der Waals surface area contributed by atoms with E-state index in [1.165, 1.54) is 0 Å².